The number of likely N-dealkylation sites (tertiary alicyclic amines) is 1. The highest BCUT2D eigenvalue weighted by molar-refractivity contribution is 5.90. The fraction of sp³-hybridized carbons (Fsp3) is 0.474. The summed E-state index contributed by atoms with van der Waals surface area (Å²) in [7, 11) is 1.92. The van der Waals surface area contributed by atoms with E-state index in [9.17, 15) is 4.79 Å². The van der Waals surface area contributed by atoms with Crippen molar-refractivity contribution in [2.24, 2.45) is 5.92 Å². The summed E-state index contributed by atoms with van der Waals surface area (Å²) < 4.78 is 5.59. The summed E-state index contributed by atoms with van der Waals surface area (Å²) in [6, 6.07) is 10.3. The van der Waals surface area contributed by atoms with Crippen LogP contribution in [0.25, 0.3) is 0 Å². The second-order valence-electron chi connectivity index (χ2n) is 7.48. The second-order valence-corrected chi connectivity index (χ2v) is 7.48. The Kier molecular flexibility index (Phi) is 2.96. The molecule has 1 saturated heterocycles. The Labute approximate surface area is 136 Å². The van der Waals surface area contributed by atoms with E-state index in [0.29, 0.717) is 6.42 Å². The van der Waals surface area contributed by atoms with Crippen molar-refractivity contribution in [3.05, 3.63) is 53.4 Å². The number of fused-ring (bicyclic) bond motifs is 2. The summed E-state index contributed by atoms with van der Waals surface area (Å²) in [5, 5.41) is 4.03. The standard InChI is InChI=1S/C19H22N2O2/c1-18(2)15-9-10-21(3)17(22)19(15,14-7-5-4-6-8-14)11-13-12-20-23-16(13)18/h4-8,12,15H,9-11H2,1-3H3/t15-,19+/m0/s1. The average Bonchev–Trinajstić information content (AvgIpc) is 3.01. The van der Waals surface area contributed by atoms with Crippen molar-refractivity contribution in [2.75, 3.05) is 13.6 Å². The SMILES string of the molecule is CN1CC[C@H]2C(C)(C)c3oncc3C[C@]2(c2ccccc2)C1=O. The maximum absolute atomic E-state index is 13.4. The molecule has 0 radical (unpaired) electrons. The first-order valence-corrected chi connectivity index (χ1v) is 8.23. The smallest absolute Gasteiger partial charge is 0.233 e. The van der Waals surface area contributed by atoms with Crippen molar-refractivity contribution in [2.45, 2.75) is 37.5 Å². The number of carbonyl (C=O) groups excluding carboxylic acids is 1. The van der Waals surface area contributed by atoms with Gasteiger partial charge in [-0.15, -0.1) is 0 Å². The Balaban J connectivity index is 1.99. The lowest BCUT2D eigenvalue weighted by Gasteiger charge is -2.54. The number of aromatic nitrogens is 1. The highest BCUT2D eigenvalue weighted by Gasteiger charge is 2.60. The zero-order valence-corrected chi connectivity index (χ0v) is 13.9. The van der Waals surface area contributed by atoms with Crippen molar-refractivity contribution >= 4 is 5.91 Å². The van der Waals surface area contributed by atoms with Gasteiger partial charge in [0.25, 0.3) is 0 Å². The van der Waals surface area contributed by atoms with Crippen molar-refractivity contribution in [3.8, 4) is 0 Å². The lowest BCUT2D eigenvalue weighted by atomic mass is 9.51. The summed E-state index contributed by atoms with van der Waals surface area (Å²) >= 11 is 0. The summed E-state index contributed by atoms with van der Waals surface area (Å²) in [6.07, 6.45) is 3.44. The number of nitrogens with zero attached hydrogens (tertiary/aromatic N) is 2. The van der Waals surface area contributed by atoms with E-state index < -0.39 is 5.41 Å². The van der Waals surface area contributed by atoms with Gasteiger partial charge in [0.1, 0.15) is 5.76 Å². The van der Waals surface area contributed by atoms with Gasteiger partial charge in [-0.05, 0) is 24.3 Å². The third-order valence-corrected chi connectivity index (χ3v) is 5.94. The largest absolute Gasteiger partial charge is 0.361 e. The van der Waals surface area contributed by atoms with Gasteiger partial charge < -0.3 is 9.42 Å². The van der Waals surface area contributed by atoms with Crippen LogP contribution in [0.5, 0.6) is 0 Å². The van der Waals surface area contributed by atoms with E-state index in [1.807, 2.05) is 30.1 Å². The molecule has 0 N–H and O–H groups in total. The van der Waals surface area contributed by atoms with E-state index in [4.69, 9.17) is 4.52 Å². The molecule has 1 fully saturated rings. The molecule has 2 atom stereocenters. The topological polar surface area (TPSA) is 46.3 Å². The second kappa shape index (κ2) is 4.70. The van der Waals surface area contributed by atoms with E-state index in [1.54, 1.807) is 6.20 Å². The van der Waals surface area contributed by atoms with Gasteiger partial charge in [0, 0.05) is 24.6 Å². The Hall–Kier alpha value is -2.10. The summed E-state index contributed by atoms with van der Waals surface area (Å²) in [5.74, 6) is 1.38. The van der Waals surface area contributed by atoms with Crippen LogP contribution in [0.2, 0.25) is 0 Å². The molecule has 4 nitrogen and oxygen atoms in total. The van der Waals surface area contributed by atoms with Crippen LogP contribution in [0.1, 0.15) is 37.2 Å². The number of piperidine rings is 1. The van der Waals surface area contributed by atoms with Gasteiger partial charge in [-0.1, -0.05) is 49.3 Å². The molecule has 0 spiro atoms. The number of benzene rings is 1. The quantitative estimate of drug-likeness (QED) is 0.813. The number of likely N-dealkylation sites (N-methyl/N-ethyl adjacent to an activating group) is 1. The molecule has 23 heavy (non-hydrogen) atoms. The summed E-state index contributed by atoms with van der Waals surface area (Å²) in [6.45, 7) is 5.18. The normalized spacial score (nSPS) is 29.1. The minimum absolute atomic E-state index is 0.210. The molecule has 1 amide bonds. The van der Waals surface area contributed by atoms with Gasteiger partial charge in [0.2, 0.25) is 5.91 Å². The molecule has 120 valence electrons. The highest BCUT2D eigenvalue weighted by atomic mass is 16.5. The molecule has 0 unspecified atom stereocenters. The Morgan fingerprint density at radius 1 is 1.26 bits per heavy atom. The first-order chi connectivity index (χ1) is 11.0. The number of rotatable bonds is 1. The monoisotopic (exact) mass is 310 g/mol. The molecule has 1 aromatic heterocycles. The molecule has 0 bridgehead atoms. The van der Waals surface area contributed by atoms with Gasteiger partial charge in [0.05, 0.1) is 11.6 Å². The van der Waals surface area contributed by atoms with Crippen LogP contribution in [-0.2, 0) is 22.0 Å². The molecule has 1 aromatic carbocycles. The van der Waals surface area contributed by atoms with Gasteiger partial charge in [-0.3, -0.25) is 4.79 Å². The molecular formula is C19H22N2O2. The Morgan fingerprint density at radius 3 is 2.74 bits per heavy atom. The summed E-state index contributed by atoms with van der Waals surface area (Å²) in [5.41, 5.74) is 1.45. The molecule has 2 aromatic rings. The van der Waals surface area contributed by atoms with Crippen LogP contribution in [0.15, 0.2) is 41.1 Å². The van der Waals surface area contributed by atoms with Crippen LogP contribution in [0, 0.1) is 5.92 Å². The van der Waals surface area contributed by atoms with Gasteiger partial charge >= 0.3 is 0 Å². The molecule has 1 aliphatic heterocycles. The van der Waals surface area contributed by atoms with Crippen molar-refractivity contribution in [1.29, 1.82) is 0 Å². The number of hydrogen-bond acceptors (Lipinski definition) is 3. The predicted octanol–water partition coefficient (Wildman–Crippen LogP) is 2.92. The average molecular weight is 310 g/mol. The lowest BCUT2D eigenvalue weighted by Crippen LogP contribution is -2.62. The van der Waals surface area contributed by atoms with Crippen molar-refractivity contribution < 1.29 is 9.32 Å². The molecule has 1 aliphatic carbocycles. The molecule has 4 rings (SSSR count). The zero-order valence-electron chi connectivity index (χ0n) is 13.9. The number of carbonyl (C=O) groups is 1. The summed E-state index contributed by atoms with van der Waals surface area (Å²) in [4.78, 5) is 15.3. The Morgan fingerprint density at radius 2 is 2.00 bits per heavy atom. The van der Waals surface area contributed by atoms with Crippen LogP contribution < -0.4 is 0 Å². The predicted molar refractivity (Wildman–Crippen MR) is 87.1 cm³/mol. The highest BCUT2D eigenvalue weighted by Crippen LogP contribution is 2.55. The minimum Gasteiger partial charge on any atom is -0.361 e. The third-order valence-electron chi connectivity index (χ3n) is 5.94. The first kappa shape index (κ1) is 14.5. The van der Waals surface area contributed by atoms with E-state index in [1.165, 1.54) is 0 Å². The third kappa shape index (κ3) is 1.78. The maximum atomic E-state index is 13.4. The molecule has 4 heteroatoms. The number of hydrogen-bond donors (Lipinski definition) is 0. The van der Waals surface area contributed by atoms with Crippen LogP contribution in [0.3, 0.4) is 0 Å². The van der Waals surface area contributed by atoms with Crippen LogP contribution >= 0.6 is 0 Å². The fourth-order valence-electron chi connectivity index (χ4n) is 4.87. The zero-order chi connectivity index (χ0) is 16.2. The van der Waals surface area contributed by atoms with Gasteiger partial charge in [-0.25, -0.2) is 0 Å². The van der Waals surface area contributed by atoms with Gasteiger partial charge in [-0.2, -0.15) is 0 Å². The maximum Gasteiger partial charge on any atom is 0.233 e. The van der Waals surface area contributed by atoms with Gasteiger partial charge in [0.15, 0.2) is 0 Å². The lowest BCUT2D eigenvalue weighted by molar-refractivity contribution is -0.145. The Bertz CT molecular complexity index is 750. The van der Waals surface area contributed by atoms with Crippen molar-refractivity contribution in [3.63, 3.8) is 0 Å². The van der Waals surface area contributed by atoms with E-state index in [2.05, 4.69) is 31.1 Å². The molecule has 2 aliphatic rings. The van der Waals surface area contributed by atoms with Crippen LogP contribution in [0.4, 0.5) is 0 Å². The van der Waals surface area contributed by atoms with Crippen LogP contribution in [-0.4, -0.2) is 29.6 Å². The minimum atomic E-state index is -0.518. The van der Waals surface area contributed by atoms with E-state index in [-0.39, 0.29) is 17.2 Å². The van der Waals surface area contributed by atoms with E-state index in [0.717, 1.165) is 29.9 Å². The first-order valence-electron chi connectivity index (χ1n) is 8.23. The molecular weight excluding hydrogens is 288 g/mol. The van der Waals surface area contributed by atoms with Crippen molar-refractivity contribution in [1.82, 2.24) is 10.1 Å². The fourth-order valence-corrected chi connectivity index (χ4v) is 4.87. The molecule has 0 saturated carbocycles. The molecule has 2 heterocycles. The van der Waals surface area contributed by atoms with E-state index >= 15 is 0 Å². The number of amides is 1.